The largest absolute Gasteiger partial charge is 0.333 e. The van der Waals surface area contributed by atoms with Crippen LogP contribution in [0.2, 0.25) is 0 Å². The van der Waals surface area contributed by atoms with Gasteiger partial charge in [0.05, 0.1) is 9.37 Å². The van der Waals surface area contributed by atoms with Crippen molar-refractivity contribution in [2.75, 3.05) is 5.32 Å². The van der Waals surface area contributed by atoms with Crippen LogP contribution in [-0.4, -0.2) is 14.4 Å². The van der Waals surface area contributed by atoms with Gasteiger partial charge in [-0.2, -0.15) is 0 Å². The maximum Gasteiger partial charge on any atom is 0.333 e. The maximum absolute atomic E-state index is 13.1. The van der Waals surface area contributed by atoms with E-state index < -0.39 is 21.9 Å². The standard InChI is InChI=1S/C14H12BrFN2O3S/c1-9-2-5-11(6-3-9)22(20,21)18-14(19)17-10-4-7-13(16)12(15)8-10/h2-8H,1H3,(H2,17,18,19). The van der Waals surface area contributed by atoms with Gasteiger partial charge in [0.15, 0.2) is 0 Å². The molecule has 0 radical (unpaired) electrons. The monoisotopic (exact) mass is 386 g/mol. The van der Waals surface area contributed by atoms with Crippen molar-refractivity contribution in [2.24, 2.45) is 0 Å². The minimum atomic E-state index is -3.96. The second kappa shape index (κ2) is 6.45. The number of nitrogens with one attached hydrogen (secondary N) is 2. The Morgan fingerprint density at radius 1 is 1.14 bits per heavy atom. The van der Waals surface area contributed by atoms with E-state index in [-0.39, 0.29) is 15.1 Å². The predicted molar refractivity (Wildman–Crippen MR) is 84.6 cm³/mol. The Hall–Kier alpha value is -1.93. The summed E-state index contributed by atoms with van der Waals surface area (Å²) < 4.78 is 39.2. The number of urea groups is 1. The SMILES string of the molecule is Cc1ccc(S(=O)(=O)NC(=O)Nc2ccc(F)c(Br)c2)cc1. The zero-order valence-corrected chi connectivity index (χ0v) is 13.8. The number of amides is 2. The van der Waals surface area contributed by atoms with Crippen molar-refractivity contribution in [3.8, 4) is 0 Å². The molecule has 0 bridgehead atoms. The van der Waals surface area contributed by atoms with Crippen LogP contribution < -0.4 is 10.0 Å². The quantitative estimate of drug-likeness (QED) is 0.848. The number of sulfonamides is 1. The first-order valence-electron chi connectivity index (χ1n) is 6.13. The second-order valence-electron chi connectivity index (χ2n) is 4.50. The Balaban J connectivity index is 2.10. The minimum absolute atomic E-state index is 0.0199. The van der Waals surface area contributed by atoms with Gasteiger partial charge in [0, 0.05) is 5.69 Å². The maximum atomic E-state index is 13.1. The van der Waals surface area contributed by atoms with Crippen LogP contribution in [0.15, 0.2) is 51.8 Å². The smallest absolute Gasteiger partial charge is 0.307 e. The highest BCUT2D eigenvalue weighted by Crippen LogP contribution is 2.20. The molecule has 0 aliphatic carbocycles. The summed E-state index contributed by atoms with van der Waals surface area (Å²) in [5, 5.41) is 2.32. The Labute approximate surface area is 135 Å². The number of rotatable bonds is 3. The third-order valence-corrected chi connectivity index (χ3v) is 4.69. The van der Waals surface area contributed by atoms with Crippen molar-refractivity contribution in [3.63, 3.8) is 0 Å². The van der Waals surface area contributed by atoms with Crippen LogP contribution in [-0.2, 0) is 10.0 Å². The summed E-state index contributed by atoms with van der Waals surface area (Å²) in [7, 11) is -3.96. The van der Waals surface area contributed by atoms with Crippen molar-refractivity contribution < 1.29 is 17.6 Å². The van der Waals surface area contributed by atoms with E-state index >= 15 is 0 Å². The van der Waals surface area contributed by atoms with Gasteiger partial charge in [-0.05, 0) is 53.2 Å². The van der Waals surface area contributed by atoms with Crippen molar-refractivity contribution in [2.45, 2.75) is 11.8 Å². The minimum Gasteiger partial charge on any atom is -0.307 e. The van der Waals surface area contributed by atoms with E-state index in [1.807, 2.05) is 11.6 Å². The average Bonchev–Trinajstić information content (AvgIpc) is 2.42. The fourth-order valence-electron chi connectivity index (χ4n) is 1.63. The number of aryl methyl sites for hydroxylation is 1. The molecule has 0 heterocycles. The number of anilines is 1. The molecule has 2 aromatic rings. The summed E-state index contributed by atoms with van der Waals surface area (Å²) >= 11 is 2.98. The highest BCUT2D eigenvalue weighted by Gasteiger charge is 2.17. The van der Waals surface area contributed by atoms with Gasteiger partial charge >= 0.3 is 6.03 Å². The molecule has 0 aromatic heterocycles. The molecule has 0 fully saturated rings. The molecule has 22 heavy (non-hydrogen) atoms. The van der Waals surface area contributed by atoms with E-state index in [2.05, 4.69) is 21.2 Å². The van der Waals surface area contributed by atoms with E-state index in [0.29, 0.717) is 0 Å². The molecule has 0 spiro atoms. The molecule has 2 aromatic carbocycles. The van der Waals surface area contributed by atoms with Crippen LogP contribution in [0.5, 0.6) is 0 Å². The molecule has 0 saturated heterocycles. The summed E-state index contributed by atoms with van der Waals surface area (Å²) in [6, 6.07) is 8.92. The molecule has 0 saturated carbocycles. The van der Waals surface area contributed by atoms with Gasteiger partial charge in [-0.3, -0.25) is 0 Å². The van der Waals surface area contributed by atoms with E-state index in [4.69, 9.17) is 0 Å². The zero-order valence-electron chi connectivity index (χ0n) is 11.4. The lowest BCUT2D eigenvalue weighted by Crippen LogP contribution is -2.34. The van der Waals surface area contributed by atoms with E-state index in [9.17, 15) is 17.6 Å². The highest BCUT2D eigenvalue weighted by molar-refractivity contribution is 9.10. The average molecular weight is 387 g/mol. The first-order chi connectivity index (χ1) is 10.3. The van der Waals surface area contributed by atoms with E-state index in [1.54, 1.807) is 12.1 Å². The molecule has 116 valence electrons. The lowest BCUT2D eigenvalue weighted by Gasteiger charge is -2.09. The summed E-state index contributed by atoms with van der Waals surface area (Å²) in [5.41, 5.74) is 1.16. The molecule has 2 rings (SSSR count). The van der Waals surface area contributed by atoms with Gasteiger partial charge in [-0.1, -0.05) is 17.7 Å². The van der Waals surface area contributed by atoms with E-state index in [1.165, 1.54) is 24.3 Å². The van der Waals surface area contributed by atoms with Crippen LogP contribution >= 0.6 is 15.9 Å². The predicted octanol–water partition coefficient (Wildman–Crippen LogP) is 3.41. The first kappa shape index (κ1) is 16.4. The topological polar surface area (TPSA) is 75.3 Å². The number of carbonyl (C=O) groups excluding carboxylic acids is 1. The molecule has 8 heteroatoms. The normalized spacial score (nSPS) is 11.0. The van der Waals surface area contributed by atoms with Crippen LogP contribution in [0.1, 0.15) is 5.56 Å². The van der Waals surface area contributed by atoms with Crippen LogP contribution in [0.25, 0.3) is 0 Å². The second-order valence-corrected chi connectivity index (χ2v) is 7.04. The Morgan fingerprint density at radius 3 is 2.36 bits per heavy atom. The van der Waals surface area contributed by atoms with Crippen LogP contribution in [0.4, 0.5) is 14.9 Å². The van der Waals surface area contributed by atoms with E-state index in [0.717, 1.165) is 11.6 Å². The van der Waals surface area contributed by atoms with Gasteiger partial charge in [-0.15, -0.1) is 0 Å². The number of halogens is 2. The van der Waals surface area contributed by atoms with Crippen molar-refractivity contribution >= 4 is 37.7 Å². The molecule has 0 aliphatic rings. The Bertz CT molecular complexity index is 807. The Morgan fingerprint density at radius 2 is 1.77 bits per heavy atom. The molecule has 0 atom stereocenters. The molecular formula is C14H12BrFN2O3S. The fourth-order valence-corrected chi connectivity index (χ4v) is 2.92. The first-order valence-corrected chi connectivity index (χ1v) is 8.41. The lowest BCUT2D eigenvalue weighted by molar-refractivity contribution is 0.256. The number of hydrogen-bond donors (Lipinski definition) is 2. The van der Waals surface area contributed by atoms with Gasteiger partial charge in [0.2, 0.25) is 0 Å². The molecular weight excluding hydrogens is 375 g/mol. The third-order valence-electron chi connectivity index (χ3n) is 2.74. The van der Waals surface area contributed by atoms with Crippen molar-refractivity contribution in [1.29, 1.82) is 0 Å². The zero-order chi connectivity index (χ0) is 16.3. The van der Waals surface area contributed by atoms with Crippen molar-refractivity contribution in [1.82, 2.24) is 4.72 Å². The molecule has 0 unspecified atom stereocenters. The Kier molecular flexibility index (Phi) is 4.82. The van der Waals surface area contributed by atoms with Gasteiger partial charge < -0.3 is 5.32 Å². The molecule has 0 aliphatic heterocycles. The third kappa shape index (κ3) is 4.05. The summed E-state index contributed by atoms with van der Waals surface area (Å²) in [6.45, 7) is 1.82. The molecule has 2 amide bonds. The number of benzene rings is 2. The number of carbonyl (C=O) groups is 1. The summed E-state index contributed by atoms with van der Waals surface area (Å²) in [6.07, 6.45) is 0. The summed E-state index contributed by atoms with van der Waals surface area (Å²) in [5.74, 6) is -0.488. The highest BCUT2D eigenvalue weighted by atomic mass is 79.9. The van der Waals surface area contributed by atoms with Crippen molar-refractivity contribution in [3.05, 3.63) is 58.3 Å². The van der Waals surface area contributed by atoms with Crippen LogP contribution in [0, 0.1) is 12.7 Å². The fraction of sp³-hybridized carbons (Fsp3) is 0.0714. The van der Waals surface area contributed by atoms with Crippen LogP contribution in [0.3, 0.4) is 0 Å². The number of hydrogen-bond acceptors (Lipinski definition) is 3. The lowest BCUT2D eigenvalue weighted by atomic mass is 10.2. The van der Waals surface area contributed by atoms with Gasteiger partial charge in [0.1, 0.15) is 5.82 Å². The molecule has 2 N–H and O–H groups in total. The van der Waals surface area contributed by atoms with Gasteiger partial charge in [-0.25, -0.2) is 22.3 Å². The summed E-state index contributed by atoms with van der Waals surface area (Å²) in [4.78, 5) is 11.7. The van der Waals surface area contributed by atoms with Gasteiger partial charge in [0.25, 0.3) is 10.0 Å². The molecule has 5 nitrogen and oxygen atoms in total.